The average Bonchev–Trinajstić information content (AvgIpc) is 2.55. The van der Waals surface area contributed by atoms with Crippen molar-refractivity contribution in [1.29, 1.82) is 0 Å². The standard InChI is InChI=1S/C18H19NO5/c1-3-11-9-10-13(17(20)21)12(4-2)16(11)23-14-7-5-6-8-15(14)24-18(19)22/h5-10H,3-4H2,1-2H3,(H2,19,22)(H,20,21). The topological polar surface area (TPSA) is 98.8 Å². The number of nitrogens with two attached hydrogens (primary N) is 1. The fourth-order valence-corrected chi connectivity index (χ4v) is 2.47. The zero-order valence-corrected chi connectivity index (χ0v) is 13.5. The van der Waals surface area contributed by atoms with E-state index >= 15 is 0 Å². The van der Waals surface area contributed by atoms with Crippen molar-refractivity contribution in [1.82, 2.24) is 0 Å². The molecule has 0 saturated heterocycles. The SMILES string of the molecule is CCc1ccc(C(=O)O)c(CC)c1Oc1ccccc1OC(N)=O. The highest BCUT2D eigenvalue weighted by Gasteiger charge is 2.19. The highest BCUT2D eigenvalue weighted by atomic mass is 16.6. The Balaban J connectivity index is 2.55. The van der Waals surface area contributed by atoms with Crippen molar-refractivity contribution in [2.75, 3.05) is 0 Å². The van der Waals surface area contributed by atoms with E-state index in [1.54, 1.807) is 36.4 Å². The molecule has 0 bridgehead atoms. The molecule has 126 valence electrons. The molecule has 6 nitrogen and oxygen atoms in total. The number of amides is 1. The van der Waals surface area contributed by atoms with Crippen LogP contribution < -0.4 is 15.2 Å². The Kier molecular flexibility index (Phi) is 5.42. The van der Waals surface area contributed by atoms with Gasteiger partial charge in [-0.3, -0.25) is 0 Å². The summed E-state index contributed by atoms with van der Waals surface area (Å²) < 4.78 is 10.9. The van der Waals surface area contributed by atoms with Crippen LogP contribution in [0.25, 0.3) is 0 Å². The van der Waals surface area contributed by atoms with Crippen molar-refractivity contribution in [3.05, 3.63) is 53.1 Å². The minimum absolute atomic E-state index is 0.176. The van der Waals surface area contributed by atoms with Crippen LogP contribution in [0.5, 0.6) is 17.2 Å². The molecule has 0 aromatic heterocycles. The van der Waals surface area contributed by atoms with Crippen LogP contribution in [0.4, 0.5) is 4.79 Å². The highest BCUT2D eigenvalue weighted by Crippen LogP contribution is 2.37. The van der Waals surface area contributed by atoms with Gasteiger partial charge in [0.1, 0.15) is 5.75 Å². The van der Waals surface area contributed by atoms with Gasteiger partial charge in [-0.15, -0.1) is 0 Å². The van der Waals surface area contributed by atoms with Crippen LogP contribution >= 0.6 is 0 Å². The number of carboxylic acid groups (broad SMARTS) is 1. The number of carbonyl (C=O) groups is 2. The summed E-state index contributed by atoms with van der Waals surface area (Å²) in [5, 5.41) is 9.38. The first-order valence-electron chi connectivity index (χ1n) is 7.60. The number of carboxylic acids is 1. The first kappa shape index (κ1) is 17.3. The van der Waals surface area contributed by atoms with Gasteiger partial charge in [-0.25, -0.2) is 9.59 Å². The Morgan fingerprint density at radius 3 is 2.25 bits per heavy atom. The van der Waals surface area contributed by atoms with E-state index in [9.17, 15) is 14.7 Å². The lowest BCUT2D eigenvalue weighted by Gasteiger charge is -2.17. The van der Waals surface area contributed by atoms with E-state index in [1.807, 2.05) is 13.8 Å². The molecular formula is C18H19NO5. The normalized spacial score (nSPS) is 10.2. The molecule has 0 aliphatic carbocycles. The third kappa shape index (κ3) is 3.65. The number of aromatic carboxylic acids is 1. The Morgan fingerprint density at radius 2 is 1.71 bits per heavy atom. The quantitative estimate of drug-likeness (QED) is 0.840. The Labute approximate surface area is 139 Å². The number of para-hydroxylation sites is 2. The number of aryl methyl sites for hydroxylation is 1. The van der Waals surface area contributed by atoms with Crippen LogP contribution in [-0.2, 0) is 12.8 Å². The zero-order chi connectivity index (χ0) is 17.7. The third-order valence-electron chi connectivity index (χ3n) is 3.58. The molecule has 0 spiro atoms. The molecule has 2 aromatic rings. The first-order valence-corrected chi connectivity index (χ1v) is 7.60. The van der Waals surface area contributed by atoms with E-state index in [0.29, 0.717) is 29.9 Å². The van der Waals surface area contributed by atoms with Crippen LogP contribution in [0.1, 0.15) is 35.3 Å². The third-order valence-corrected chi connectivity index (χ3v) is 3.58. The fourth-order valence-electron chi connectivity index (χ4n) is 2.47. The number of hydrogen-bond acceptors (Lipinski definition) is 4. The van der Waals surface area contributed by atoms with Gasteiger partial charge in [0.2, 0.25) is 0 Å². The molecule has 0 aliphatic heterocycles. The van der Waals surface area contributed by atoms with Crippen LogP contribution in [0.2, 0.25) is 0 Å². The van der Waals surface area contributed by atoms with E-state index in [1.165, 1.54) is 0 Å². The maximum Gasteiger partial charge on any atom is 0.410 e. The Bertz CT molecular complexity index is 770. The van der Waals surface area contributed by atoms with Crippen molar-refractivity contribution in [3.8, 4) is 17.2 Å². The van der Waals surface area contributed by atoms with Crippen molar-refractivity contribution < 1.29 is 24.2 Å². The second kappa shape index (κ2) is 7.50. The molecule has 0 aliphatic rings. The molecule has 0 radical (unpaired) electrons. The molecule has 3 N–H and O–H groups in total. The van der Waals surface area contributed by atoms with E-state index in [4.69, 9.17) is 15.2 Å². The van der Waals surface area contributed by atoms with Crippen molar-refractivity contribution in [3.63, 3.8) is 0 Å². The summed E-state index contributed by atoms with van der Waals surface area (Å²) in [6, 6.07) is 9.90. The van der Waals surface area contributed by atoms with Gasteiger partial charge in [0.25, 0.3) is 0 Å². The Morgan fingerprint density at radius 1 is 1.04 bits per heavy atom. The van der Waals surface area contributed by atoms with Crippen LogP contribution in [0.15, 0.2) is 36.4 Å². The summed E-state index contributed by atoms with van der Waals surface area (Å²) >= 11 is 0. The largest absolute Gasteiger partial charge is 0.478 e. The van der Waals surface area contributed by atoms with Gasteiger partial charge in [0.15, 0.2) is 11.5 Å². The highest BCUT2D eigenvalue weighted by molar-refractivity contribution is 5.90. The molecule has 0 saturated carbocycles. The number of primary amides is 1. The lowest BCUT2D eigenvalue weighted by atomic mass is 9.98. The van der Waals surface area contributed by atoms with E-state index < -0.39 is 12.1 Å². The smallest absolute Gasteiger partial charge is 0.410 e. The summed E-state index contributed by atoms with van der Waals surface area (Å²) in [7, 11) is 0. The van der Waals surface area contributed by atoms with Crippen molar-refractivity contribution in [2.24, 2.45) is 5.73 Å². The van der Waals surface area contributed by atoms with Gasteiger partial charge in [0, 0.05) is 5.56 Å². The molecule has 2 aromatic carbocycles. The molecule has 0 atom stereocenters. The van der Waals surface area contributed by atoms with E-state index in [0.717, 1.165) is 5.56 Å². The Hall–Kier alpha value is -3.02. The molecular weight excluding hydrogens is 310 g/mol. The van der Waals surface area contributed by atoms with Crippen molar-refractivity contribution >= 4 is 12.1 Å². The number of benzene rings is 2. The number of rotatable bonds is 6. The van der Waals surface area contributed by atoms with Gasteiger partial charge < -0.3 is 20.3 Å². The summed E-state index contributed by atoms with van der Waals surface area (Å²) in [6.45, 7) is 3.81. The average molecular weight is 329 g/mol. The minimum Gasteiger partial charge on any atom is -0.478 e. The second-order valence-electron chi connectivity index (χ2n) is 5.06. The molecule has 0 unspecified atom stereocenters. The summed E-state index contributed by atoms with van der Waals surface area (Å²) in [5.41, 5.74) is 6.72. The molecule has 6 heteroatoms. The zero-order valence-electron chi connectivity index (χ0n) is 13.5. The molecule has 24 heavy (non-hydrogen) atoms. The van der Waals surface area contributed by atoms with Gasteiger partial charge >= 0.3 is 12.1 Å². The fraction of sp³-hybridized carbons (Fsp3) is 0.222. The lowest BCUT2D eigenvalue weighted by molar-refractivity contribution is 0.0695. The number of ether oxygens (including phenoxy) is 2. The number of carbonyl (C=O) groups excluding carboxylic acids is 1. The van der Waals surface area contributed by atoms with E-state index in [2.05, 4.69) is 0 Å². The lowest BCUT2D eigenvalue weighted by Crippen LogP contribution is -2.16. The molecule has 1 amide bonds. The monoisotopic (exact) mass is 329 g/mol. The first-order chi connectivity index (χ1) is 11.5. The van der Waals surface area contributed by atoms with Crippen LogP contribution in [0, 0.1) is 0 Å². The predicted molar refractivity (Wildman–Crippen MR) is 88.9 cm³/mol. The molecule has 0 fully saturated rings. The summed E-state index contributed by atoms with van der Waals surface area (Å²) in [4.78, 5) is 22.5. The number of hydrogen-bond donors (Lipinski definition) is 2. The molecule has 2 rings (SSSR count). The second-order valence-corrected chi connectivity index (χ2v) is 5.06. The van der Waals surface area contributed by atoms with Crippen molar-refractivity contribution in [2.45, 2.75) is 26.7 Å². The van der Waals surface area contributed by atoms with Crippen LogP contribution in [-0.4, -0.2) is 17.2 Å². The minimum atomic E-state index is -1.01. The van der Waals surface area contributed by atoms with Gasteiger partial charge in [-0.05, 0) is 36.6 Å². The summed E-state index contributed by atoms with van der Waals surface area (Å²) in [5.74, 6) is -0.0699. The predicted octanol–water partition coefficient (Wildman–Crippen LogP) is 3.76. The van der Waals surface area contributed by atoms with Gasteiger partial charge in [0.05, 0.1) is 5.56 Å². The maximum absolute atomic E-state index is 11.5. The van der Waals surface area contributed by atoms with Gasteiger partial charge in [-0.1, -0.05) is 32.0 Å². The summed E-state index contributed by atoms with van der Waals surface area (Å²) in [6.07, 6.45) is 0.210. The molecule has 0 heterocycles. The maximum atomic E-state index is 11.5. The van der Waals surface area contributed by atoms with Crippen LogP contribution in [0.3, 0.4) is 0 Å². The van der Waals surface area contributed by atoms with E-state index in [-0.39, 0.29) is 11.3 Å². The van der Waals surface area contributed by atoms with Gasteiger partial charge in [-0.2, -0.15) is 0 Å².